The molecule has 6 nitrogen and oxygen atoms in total. The van der Waals surface area contributed by atoms with Crippen LogP contribution < -0.4 is 5.32 Å². The zero-order valence-corrected chi connectivity index (χ0v) is 35.1. The average molecular weight is 746 g/mol. The molecule has 1 amide bonds. The van der Waals surface area contributed by atoms with Crippen molar-refractivity contribution in [3.8, 4) is 0 Å². The number of hydrogen-bond acceptors (Lipinski definition) is 4. The molecule has 1 atom stereocenters. The van der Waals surface area contributed by atoms with Gasteiger partial charge in [-0.15, -0.1) is 0 Å². The maximum Gasteiger partial charge on any atom is 0.322 e. The van der Waals surface area contributed by atoms with Gasteiger partial charge in [0.05, 0.1) is 0 Å². The van der Waals surface area contributed by atoms with E-state index in [0.717, 1.165) is 70.6 Å². The number of unbranched alkanes of at least 4 members (excludes halogenated alkanes) is 27. The van der Waals surface area contributed by atoms with Crippen molar-refractivity contribution < 1.29 is 24.2 Å². The van der Waals surface area contributed by atoms with Gasteiger partial charge in [0.15, 0.2) is 0 Å². The van der Waals surface area contributed by atoms with E-state index in [1.54, 1.807) is 0 Å². The van der Waals surface area contributed by atoms with E-state index in [4.69, 9.17) is 9.84 Å². The van der Waals surface area contributed by atoms with Crippen molar-refractivity contribution in [2.24, 2.45) is 0 Å². The van der Waals surface area contributed by atoms with Crippen molar-refractivity contribution in [2.45, 2.75) is 251 Å². The van der Waals surface area contributed by atoms with Crippen LogP contribution in [-0.2, 0) is 19.1 Å². The molecular weight excluding hydrogens is 659 g/mol. The van der Waals surface area contributed by atoms with Gasteiger partial charge in [-0.05, 0) is 70.6 Å². The molecule has 0 saturated heterocycles. The van der Waals surface area contributed by atoms with Crippen molar-refractivity contribution in [3.05, 3.63) is 24.3 Å². The molecular formula is C47H87NO5. The predicted octanol–water partition coefficient (Wildman–Crippen LogP) is 14.3. The molecule has 0 aromatic carbocycles. The smallest absolute Gasteiger partial charge is 0.322 e. The van der Waals surface area contributed by atoms with Crippen molar-refractivity contribution in [2.75, 3.05) is 6.54 Å². The normalized spacial score (nSPS) is 12.2. The molecule has 0 heterocycles. The molecule has 0 aliphatic carbocycles. The molecule has 53 heavy (non-hydrogen) atoms. The first kappa shape index (κ1) is 50.9. The molecule has 6 heteroatoms. The molecule has 0 spiro atoms. The zero-order valence-electron chi connectivity index (χ0n) is 35.1. The van der Waals surface area contributed by atoms with Crippen LogP contribution in [0.2, 0.25) is 0 Å². The molecule has 0 rings (SSSR count). The van der Waals surface area contributed by atoms with Crippen LogP contribution in [0.3, 0.4) is 0 Å². The number of ether oxygens (including phenoxy) is 1. The van der Waals surface area contributed by atoms with Crippen LogP contribution >= 0.6 is 0 Å². The Labute approximate surface area is 328 Å². The molecule has 2 N–H and O–H groups in total. The van der Waals surface area contributed by atoms with Gasteiger partial charge in [-0.3, -0.25) is 14.4 Å². The SMILES string of the molecule is CCCCCCC/C=C\C/C=C\CCCCCCCCCCCCCC(=O)OC(CCCCCCCCCC)CCCCCCCC(=O)NCC(=O)O. The fraction of sp³-hybridized carbons (Fsp3) is 0.851. The summed E-state index contributed by atoms with van der Waals surface area (Å²) in [7, 11) is 0. The number of allylic oxidation sites excluding steroid dienone is 4. The highest BCUT2D eigenvalue weighted by Gasteiger charge is 2.14. The summed E-state index contributed by atoms with van der Waals surface area (Å²) >= 11 is 0. The summed E-state index contributed by atoms with van der Waals surface area (Å²) in [5.74, 6) is -1.22. The van der Waals surface area contributed by atoms with Crippen molar-refractivity contribution in [3.63, 3.8) is 0 Å². The Morgan fingerprint density at radius 3 is 1.30 bits per heavy atom. The number of amides is 1. The minimum atomic E-state index is -1.01. The number of carboxylic acid groups (broad SMARTS) is 1. The van der Waals surface area contributed by atoms with Gasteiger partial charge in [0.25, 0.3) is 0 Å². The lowest BCUT2D eigenvalue weighted by atomic mass is 10.0. The lowest BCUT2D eigenvalue weighted by Crippen LogP contribution is -2.28. The second-order valence-electron chi connectivity index (χ2n) is 15.7. The molecule has 310 valence electrons. The summed E-state index contributed by atoms with van der Waals surface area (Å²) in [6, 6.07) is 0. The van der Waals surface area contributed by atoms with E-state index in [9.17, 15) is 14.4 Å². The average Bonchev–Trinajstić information content (AvgIpc) is 3.14. The second kappa shape index (κ2) is 42.6. The first-order valence-electron chi connectivity index (χ1n) is 23.0. The third-order valence-electron chi connectivity index (χ3n) is 10.4. The number of rotatable bonds is 42. The van der Waals surface area contributed by atoms with Gasteiger partial charge in [-0.1, -0.05) is 186 Å². The second-order valence-corrected chi connectivity index (χ2v) is 15.7. The van der Waals surface area contributed by atoms with Gasteiger partial charge in [-0.2, -0.15) is 0 Å². The Balaban J connectivity index is 3.92. The Morgan fingerprint density at radius 1 is 0.491 bits per heavy atom. The van der Waals surface area contributed by atoms with E-state index in [2.05, 4.69) is 43.5 Å². The van der Waals surface area contributed by atoms with E-state index in [0.29, 0.717) is 12.8 Å². The molecule has 0 fully saturated rings. The highest BCUT2D eigenvalue weighted by Crippen LogP contribution is 2.19. The van der Waals surface area contributed by atoms with Crippen molar-refractivity contribution in [1.29, 1.82) is 0 Å². The molecule has 0 bridgehead atoms. The van der Waals surface area contributed by atoms with Crippen LogP contribution in [0.25, 0.3) is 0 Å². The molecule has 0 aliphatic rings. The van der Waals surface area contributed by atoms with E-state index in [1.807, 2.05) is 0 Å². The number of carboxylic acids is 1. The van der Waals surface area contributed by atoms with Crippen molar-refractivity contribution in [1.82, 2.24) is 5.32 Å². The first-order valence-corrected chi connectivity index (χ1v) is 23.0. The molecule has 0 aromatic rings. The van der Waals surface area contributed by atoms with Gasteiger partial charge in [-0.25, -0.2) is 0 Å². The topological polar surface area (TPSA) is 92.7 Å². The number of aliphatic carboxylic acids is 1. The predicted molar refractivity (Wildman–Crippen MR) is 226 cm³/mol. The third-order valence-corrected chi connectivity index (χ3v) is 10.4. The Bertz CT molecular complexity index is 869. The molecule has 0 aromatic heterocycles. The summed E-state index contributed by atoms with van der Waals surface area (Å²) in [5, 5.41) is 11.1. The van der Waals surface area contributed by atoms with Gasteiger partial charge < -0.3 is 15.2 Å². The maximum atomic E-state index is 12.7. The Hall–Kier alpha value is -2.11. The maximum absolute atomic E-state index is 12.7. The van der Waals surface area contributed by atoms with Crippen LogP contribution in [0.15, 0.2) is 24.3 Å². The molecule has 0 saturated carbocycles. The number of hydrogen-bond donors (Lipinski definition) is 2. The summed E-state index contributed by atoms with van der Waals surface area (Å²) in [6.07, 6.45) is 51.7. The first-order chi connectivity index (χ1) is 26.0. The van der Waals surface area contributed by atoms with Crippen molar-refractivity contribution >= 4 is 17.8 Å². The van der Waals surface area contributed by atoms with E-state index >= 15 is 0 Å². The molecule has 0 aliphatic heterocycles. The minimum absolute atomic E-state index is 0.0160. The minimum Gasteiger partial charge on any atom is -0.480 e. The van der Waals surface area contributed by atoms with Crippen LogP contribution in [-0.4, -0.2) is 35.6 Å². The highest BCUT2D eigenvalue weighted by molar-refractivity contribution is 5.80. The number of carbonyl (C=O) groups excluding carboxylic acids is 2. The highest BCUT2D eigenvalue weighted by atomic mass is 16.5. The summed E-state index contributed by atoms with van der Waals surface area (Å²) in [4.78, 5) is 35.0. The van der Waals surface area contributed by atoms with E-state index in [-0.39, 0.29) is 24.5 Å². The van der Waals surface area contributed by atoms with Gasteiger partial charge in [0.2, 0.25) is 5.91 Å². The number of esters is 1. The summed E-state index contributed by atoms with van der Waals surface area (Å²) in [5.41, 5.74) is 0. The van der Waals surface area contributed by atoms with E-state index in [1.165, 1.54) is 148 Å². The fourth-order valence-corrected chi connectivity index (χ4v) is 6.96. The van der Waals surface area contributed by atoms with Crippen LogP contribution in [0.5, 0.6) is 0 Å². The Kier molecular flexibility index (Phi) is 40.9. The van der Waals surface area contributed by atoms with Crippen LogP contribution in [0.1, 0.15) is 245 Å². The van der Waals surface area contributed by atoms with Gasteiger partial charge >= 0.3 is 11.9 Å². The quantitative estimate of drug-likeness (QED) is 0.0369. The Morgan fingerprint density at radius 2 is 0.868 bits per heavy atom. The zero-order chi connectivity index (χ0) is 38.7. The fourth-order valence-electron chi connectivity index (χ4n) is 6.96. The third kappa shape index (κ3) is 42.5. The number of carbonyl (C=O) groups is 3. The molecule has 1 unspecified atom stereocenters. The lowest BCUT2D eigenvalue weighted by molar-refractivity contribution is -0.150. The van der Waals surface area contributed by atoms with Gasteiger partial charge in [0.1, 0.15) is 12.6 Å². The summed E-state index contributed by atoms with van der Waals surface area (Å²) in [6.45, 7) is 4.22. The van der Waals surface area contributed by atoms with Crippen LogP contribution in [0, 0.1) is 0 Å². The summed E-state index contributed by atoms with van der Waals surface area (Å²) < 4.78 is 6.02. The standard InChI is InChI=1S/C47H87NO5/c1-3-5-7-9-11-13-14-15-16-17-18-19-20-21-22-23-24-25-26-27-29-34-38-42-47(52)53-44(39-35-31-28-12-10-8-6-4-2)40-36-32-30-33-37-41-45(49)48-43-46(50)51/h14-15,17-18,44H,3-13,16,19-43H2,1-2H3,(H,48,49)(H,50,51)/b15-14-,18-17-. The lowest BCUT2D eigenvalue weighted by Gasteiger charge is -2.18. The largest absolute Gasteiger partial charge is 0.480 e. The van der Waals surface area contributed by atoms with Gasteiger partial charge in [0, 0.05) is 12.8 Å². The van der Waals surface area contributed by atoms with Crippen LogP contribution in [0.4, 0.5) is 0 Å². The number of nitrogens with one attached hydrogen (secondary N) is 1. The molecule has 0 radical (unpaired) electrons. The monoisotopic (exact) mass is 746 g/mol. The van der Waals surface area contributed by atoms with E-state index < -0.39 is 5.97 Å².